The molecule has 8 heteroatoms. The monoisotopic (exact) mass is 283 g/mol. The van der Waals surface area contributed by atoms with E-state index in [-0.39, 0.29) is 18.0 Å². The van der Waals surface area contributed by atoms with Crippen molar-refractivity contribution in [2.45, 2.75) is 32.2 Å². The zero-order chi connectivity index (χ0) is 15.3. The number of hydrogen-bond donors (Lipinski definition) is 3. The van der Waals surface area contributed by atoms with Crippen molar-refractivity contribution in [2.24, 2.45) is 0 Å². The maximum absolute atomic E-state index is 11.2. The van der Waals surface area contributed by atoms with Gasteiger partial charge in [0.15, 0.2) is 0 Å². The van der Waals surface area contributed by atoms with Crippen LogP contribution >= 0.6 is 0 Å². The summed E-state index contributed by atoms with van der Waals surface area (Å²) in [5, 5.41) is 32.1. The molecule has 8 nitrogen and oxygen atoms in total. The average Bonchev–Trinajstić information content (AvgIpc) is 2.44. The first kappa shape index (κ1) is 15.8. The van der Waals surface area contributed by atoms with Crippen LogP contribution in [0.4, 0.5) is 11.5 Å². The van der Waals surface area contributed by atoms with Crippen molar-refractivity contribution in [1.82, 2.24) is 4.98 Å². The molecule has 20 heavy (non-hydrogen) atoms. The SMILES string of the molecule is CCC(CC)(CO)Nc1ncc([N+](=O)[O-])cc1C(=O)O. The van der Waals surface area contributed by atoms with Gasteiger partial charge in [0.2, 0.25) is 0 Å². The van der Waals surface area contributed by atoms with E-state index in [1.165, 1.54) is 0 Å². The summed E-state index contributed by atoms with van der Waals surface area (Å²) in [6.07, 6.45) is 2.09. The van der Waals surface area contributed by atoms with Crippen molar-refractivity contribution in [3.8, 4) is 0 Å². The Morgan fingerprint density at radius 3 is 2.50 bits per heavy atom. The maximum Gasteiger partial charge on any atom is 0.339 e. The summed E-state index contributed by atoms with van der Waals surface area (Å²) in [7, 11) is 0. The topological polar surface area (TPSA) is 126 Å². The lowest BCUT2D eigenvalue weighted by Crippen LogP contribution is -2.41. The molecule has 1 rings (SSSR count). The molecule has 0 aliphatic rings. The Balaban J connectivity index is 3.24. The minimum atomic E-state index is -1.32. The van der Waals surface area contributed by atoms with Crippen LogP contribution in [0.3, 0.4) is 0 Å². The minimum Gasteiger partial charge on any atom is -0.478 e. The number of aliphatic hydroxyl groups excluding tert-OH is 1. The number of hydrogen-bond acceptors (Lipinski definition) is 6. The fourth-order valence-corrected chi connectivity index (χ4v) is 1.76. The summed E-state index contributed by atoms with van der Waals surface area (Å²) in [6, 6.07) is 0.950. The highest BCUT2D eigenvalue weighted by Crippen LogP contribution is 2.25. The van der Waals surface area contributed by atoms with Gasteiger partial charge in [0.05, 0.1) is 17.1 Å². The predicted octanol–water partition coefficient (Wildman–Crippen LogP) is 1.65. The number of aliphatic hydroxyl groups is 1. The molecule has 1 heterocycles. The van der Waals surface area contributed by atoms with Gasteiger partial charge in [-0.05, 0) is 12.8 Å². The molecule has 0 radical (unpaired) electrons. The van der Waals surface area contributed by atoms with Crippen LogP contribution in [0.15, 0.2) is 12.3 Å². The summed E-state index contributed by atoms with van der Waals surface area (Å²) in [5.41, 5.74) is -1.39. The lowest BCUT2D eigenvalue weighted by atomic mass is 9.93. The van der Waals surface area contributed by atoms with Crippen LogP contribution in [-0.4, -0.2) is 38.2 Å². The molecule has 0 saturated heterocycles. The van der Waals surface area contributed by atoms with E-state index in [9.17, 15) is 20.0 Å². The average molecular weight is 283 g/mol. The molecular weight excluding hydrogens is 266 g/mol. The number of aromatic nitrogens is 1. The Kier molecular flexibility index (Phi) is 4.98. The van der Waals surface area contributed by atoms with Gasteiger partial charge in [-0.25, -0.2) is 9.78 Å². The summed E-state index contributed by atoms with van der Waals surface area (Å²) >= 11 is 0. The van der Waals surface area contributed by atoms with Gasteiger partial charge in [-0.15, -0.1) is 0 Å². The maximum atomic E-state index is 11.2. The highest BCUT2D eigenvalue weighted by Gasteiger charge is 2.28. The number of nitrogens with one attached hydrogen (secondary N) is 1. The van der Waals surface area contributed by atoms with Crippen molar-refractivity contribution < 1.29 is 19.9 Å². The molecule has 0 fully saturated rings. The zero-order valence-corrected chi connectivity index (χ0v) is 11.3. The number of anilines is 1. The number of rotatable bonds is 7. The van der Waals surface area contributed by atoms with Gasteiger partial charge in [-0.2, -0.15) is 0 Å². The van der Waals surface area contributed by atoms with Crippen LogP contribution in [0.1, 0.15) is 37.0 Å². The number of carbonyl (C=O) groups is 1. The molecule has 0 aromatic carbocycles. The van der Waals surface area contributed by atoms with Gasteiger partial charge < -0.3 is 15.5 Å². The van der Waals surface area contributed by atoms with Crippen molar-refractivity contribution >= 4 is 17.5 Å². The molecule has 0 amide bonds. The molecule has 0 aliphatic heterocycles. The second-order valence-corrected chi connectivity index (χ2v) is 4.42. The number of nitro groups is 1. The number of aromatic carboxylic acids is 1. The molecule has 0 unspecified atom stereocenters. The third-order valence-electron chi connectivity index (χ3n) is 3.35. The van der Waals surface area contributed by atoms with Gasteiger partial charge in [-0.1, -0.05) is 13.8 Å². The van der Waals surface area contributed by atoms with Crippen LogP contribution in [-0.2, 0) is 0 Å². The first-order chi connectivity index (χ1) is 9.39. The molecule has 0 spiro atoms. The van der Waals surface area contributed by atoms with Crippen LogP contribution in [0, 0.1) is 10.1 Å². The number of carboxylic acids is 1. The molecule has 0 atom stereocenters. The van der Waals surface area contributed by atoms with Crippen LogP contribution in [0.25, 0.3) is 0 Å². The number of pyridine rings is 1. The van der Waals surface area contributed by atoms with E-state index in [1.807, 2.05) is 13.8 Å². The van der Waals surface area contributed by atoms with E-state index in [0.29, 0.717) is 12.8 Å². The second-order valence-electron chi connectivity index (χ2n) is 4.42. The largest absolute Gasteiger partial charge is 0.478 e. The fourth-order valence-electron chi connectivity index (χ4n) is 1.76. The standard InChI is InChI=1S/C12H17N3O5/c1-3-12(4-2,7-16)14-10-9(11(17)18)5-8(6-13-10)15(19)20/h5-6,16H,3-4,7H2,1-2H3,(H,13,14)(H,17,18). The highest BCUT2D eigenvalue weighted by atomic mass is 16.6. The smallest absolute Gasteiger partial charge is 0.339 e. The van der Waals surface area contributed by atoms with Crippen LogP contribution < -0.4 is 5.32 Å². The molecule has 1 aromatic rings. The summed E-state index contributed by atoms with van der Waals surface area (Å²) in [4.78, 5) is 24.9. The summed E-state index contributed by atoms with van der Waals surface area (Å²) in [6.45, 7) is 3.49. The lowest BCUT2D eigenvalue weighted by Gasteiger charge is -2.31. The van der Waals surface area contributed by atoms with Crippen molar-refractivity contribution in [1.29, 1.82) is 0 Å². The Morgan fingerprint density at radius 1 is 1.50 bits per heavy atom. The van der Waals surface area contributed by atoms with E-state index < -0.39 is 22.1 Å². The predicted molar refractivity (Wildman–Crippen MR) is 71.9 cm³/mol. The third-order valence-corrected chi connectivity index (χ3v) is 3.35. The fraction of sp³-hybridized carbons (Fsp3) is 0.500. The van der Waals surface area contributed by atoms with Gasteiger partial charge >= 0.3 is 5.97 Å². The Hall–Kier alpha value is -2.22. The second kappa shape index (κ2) is 6.29. The minimum absolute atomic E-state index is 0.0147. The molecule has 0 bridgehead atoms. The van der Waals surface area contributed by atoms with Gasteiger partial charge in [0, 0.05) is 6.07 Å². The molecule has 3 N–H and O–H groups in total. The Morgan fingerprint density at radius 2 is 2.10 bits per heavy atom. The zero-order valence-electron chi connectivity index (χ0n) is 11.3. The summed E-state index contributed by atoms with van der Waals surface area (Å²) in [5.74, 6) is -1.30. The molecule has 110 valence electrons. The van der Waals surface area contributed by atoms with Crippen molar-refractivity contribution in [2.75, 3.05) is 11.9 Å². The van der Waals surface area contributed by atoms with Crippen LogP contribution in [0.2, 0.25) is 0 Å². The normalized spacial score (nSPS) is 11.2. The molecule has 1 aromatic heterocycles. The third kappa shape index (κ3) is 3.21. The van der Waals surface area contributed by atoms with Gasteiger partial charge in [-0.3, -0.25) is 10.1 Å². The van der Waals surface area contributed by atoms with E-state index in [4.69, 9.17) is 5.11 Å². The molecule has 0 saturated carbocycles. The van der Waals surface area contributed by atoms with E-state index in [0.717, 1.165) is 12.3 Å². The Bertz CT molecular complexity index is 506. The lowest BCUT2D eigenvalue weighted by molar-refractivity contribution is -0.385. The van der Waals surface area contributed by atoms with Gasteiger partial charge in [0.1, 0.15) is 17.6 Å². The van der Waals surface area contributed by atoms with E-state index >= 15 is 0 Å². The Labute approximate surface area is 115 Å². The quantitative estimate of drug-likeness (QED) is 0.513. The van der Waals surface area contributed by atoms with Crippen LogP contribution in [0.5, 0.6) is 0 Å². The highest BCUT2D eigenvalue weighted by molar-refractivity contribution is 5.93. The van der Waals surface area contributed by atoms with Gasteiger partial charge in [0.25, 0.3) is 5.69 Å². The van der Waals surface area contributed by atoms with Crippen molar-refractivity contribution in [3.05, 3.63) is 27.9 Å². The summed E-state index contributed by atoms with van der Waals surface area (Å²) < 4.78 is 0. The van der Waals surface area contributed by atoms with E-state index in [1.54, 1.807) is 0 Å². The molecular formula is C12H17N3O5. The number of carboxylic acid groups (broad SMARTS) is 1. The first-order valence-corrected chi connectivity index (χ1v) is 6.16. The molecule has 0 aliphatic carbocycles. The van der Waals surface area contributed by atoms with Crippen molar-refractivity contribution in [3.63, 3.8) is 0 Å². The van der Waals surface area contributed by atoms with E-state index in [2.05, 4.69) is 10.3 Å². The number of nitrogens with zero attached hydrogens (tertiary/aromatic N) is 2. The first-order valence-electron chi connectivity index (χ1n) is 6.16.